The van der Waals surface area contributed by atoms with Crippen molar-refractivity contribution in [1.29, 1.82) is 0 Å². The SMILES string of the molecule is NC(=O)c1nnn(Cc2cc(Cl)c(C(=O)c3ccc(Cl)cc3)c(Cl)c2)c1NC(=O)c1ccco1. The molecule has 2 aromatic heterocycles. The van der Waals surface area contributed by atoms with Crippen molar-refractivity contribution in [3.05, 3.63) is 98.0 Å². The standard InChI is InChI=1S/C22H14Cl3N5O4/c23-13-5-3-12(4-6-13)19(31)17-14(24)8-11(9-15(17)25)10-30-21(18(20(26)32)28-29-30)27-22(33)16-2-1-7-34-16/h1-9H,10H2,(H2,26,32)(H,27,33). The molecule has 172 valence electrons. The van der Waals surface area contributed by atoms with Crippen molar-refractivity contribution in [2.45, 2.75) is 6.54 Å². The Hall–Kier alpha value is -3.66. The Kier molecular flexibility index (Phi) is 6.69. The highest BCUT2D eigenvalue weighted by Gasteiger charge is 2.23. The smallest absolute Gasteiger partial charge is 0.292 e. The highest BCUT2D eigenvalue weighted by molar-refractivity contribution is 6.41. The van der Waals surface area contributed by atoms with Crippen LogP contribution in [0, 0.1) is 0 Å². The fourth-order valence-electron chi connectivity index (χ4n) is 3.14. The summed E-state index contributed by atoms with van der Waals surface area (Å²) in [4.78, 5) is 37.1. The van der Waals surface area contributed by atoms with Gasteiger partial charge < -0.3 is 15.5 Å². The van der Waals surface area contributed by atoms with Crippen LogP contribution in [0.3, 0.4) is 0 Å². The molecule has 0 spiro atoms. The normalized spacial score (nSPS) is 10.8. The molecule has 0 saturated heterocycles. The van der Waals surface area contributed by atoms with E-state index in [1.165, 1.54) is 35.2 Å². The topological polar surface area (TPSA) is 133 Å². The van der Waals surface area contributed by atoms with Gasteiger partial charge in [0.15, 0.2) is 23.1 Å². The number of hydrogen-bond acceptors (Lipinski definition) is 6. The summed E-state index contributed by atoms with van der Waals surface area (Å²) in [7, 11) is 0. The van der Waals surface area contributed by atoms with Gasteiger partial charge in [0, 0.05) is 10.6 Å². The Morgan fingerprint density at radius 1 is 1.03 bits per heavy atom. The number of primary amides is 1. The van der Waals surface area contributed by atoms with Gasteiger partial charge in [-0.1, -0.05) is 40.0 Å². The Morgan fingerprint density at radius 3 is 2.29 bits per heavy atom. The molecule has 0 aliphatic heterocycles. The third-order valence-corrected chi connectivity index (χ3v) is 5.56. The van der Waals surface area contributed by atoms with Crippen molar-refractivity contribution in [1.82, 2.24) is 15.0 Å². The number of aromatic nitrogens is 3. The van der Waals surface area contributed by atoms with E-state index in [9.17, 15) is 14.4 Å². The predicted octanol–water partition coefficient (Wildman–Crippen LogP) is 4.46. The summed E-state index contributed by atoms with van der Waals surface area (Å²) in [5, 5.41) is 10.9. The van der Waals surface area contributed by atoms with Crippen LogP contribution >= 0.6 is 34.8 Å². The van der Waals surface area contributed by atoms with Crippen LogP contribution < -0.4 is 11.1 Å². The van der Waals surface area contributed by atoms with E-state index in [2.05, 4.69) is 15.6 Å². The maximum absolute atomic E-state index is 12.9. The zero-order valence-electron chi connectivity index (χ0n) is 17.1. The minimum absolute atomic E-state index is 0.00288. The molecule has 4 aromatic rings. The molecule has 0 atom stereocenters. The van der Waals surface area contributed by atoms with Crippen LogP contribution in [0.4, 0.5) is 5.82 Å². The summed E-state index contributed by atoms with van der Waals surface area (Å²) in [6.45, 7) is 0.00288. The van der Waals surface area contributed by atoms with Crippen molar-refractivity contribution in [2.24, 2.45) is 5.73 Å². The Bertz CT molecular complexity index is 1380. The molecule has 34 heavy (non-hydrogen) atoms. The van der Waals surface area contributed by atoms with Crippen LogP contribution in [0.1, 0.15) is 42.5 Å². The first-order valence-electron chi connectivity index (χ1n) is 9.61. The minimum atomic E-state index is -0.888. The molecule has 0 saturated carbocycles. The lowest BCUT2D eigenvalue weighted by Crippen LogP contribution is -2.20. The first-order chi connectivity index (χ1) is 16.2. The van der Waals surface area contributed by atoms with E-state index in [1.807, 2.05) is 0 Å². The maximum atomic E-state index is 12.9. The molecule has 0 fully saturated rings. The van der Waals surface area contributed by atoms with E-state index >= 15 is 0 Å². The number of nitrogens with zero attached hydrogens (tertiary/aromatic N) is 3. The summed E-state index contributed by atoms with van der Waals surface area (Å²) in [5.41, 5.74) is 6.13. The van der Waals surface area contributed by atoms with Crippen molar-refractivity contribution in [2.75, 3.05) is 5.32 Å². The third-order valence-electron chi connectivity index (χ3n) is 4.71. The molecule has 0 unspecified atom stereocenters. The first-order valence-corrected chi connectivity index (χ1v) is 10.7. The first kappa shape index (κ1) is 23.5. The molecule has 2 amide bonds. The average molecular weight is 519 g/mol. The van der Waals surface area contributed by atoms with Crippen molar-refractivity contribution in [3.63, 3.8) is 0 Å². The summed E-state index contributed by atoms with van der Waals surface area (Å²) >= 11 is 18.7. The zero-order valence-corrected chi connectivity index (χ0v) is 19.4. The van der Waals surface area contributed by atoms with Crippen LogP contribution in [0.25, 0.3) is 0 Å². The highest BCUT2D eigenvalue weighted by Crippen LogP contribution is 2.30. The van der Waals surface area contributed by atoms with Gasteiger partial charge in [-0.2, -0.15) is 0 Å². The number of benzene rings is 2. The average Bonchev–Trinajstić information content (AvgIpc) is 3.44. The number of ketones is 1. The summed E-state index contributed by atoms with van der Waals surface area (Å²) in [5.74, 6) is -1.92. The number of anilines is 1. The lowest BCUT2D eigenvalue weighted by atomic mass is 10.0. The summed E-state index contributed by atoms with van der Waals surface area (Å²) < 4.78 is 6.30. The fourth-order valence-corrected chi connectivity index (χ4v) is 3.97. The van der Waals surface area contributed by atoms with Gasteiger partial charge in [0.05, 0.1) is 28.4 Å². The molecule has 4 rings (SSSR count). The van der Waals surface area contributed by atoms with E-state index < -0.39 is 11.8 Å². The van der Waals surface area contributed by atoms with Gasteiger partial charge in [-0.15, -0.1) is 5.10 Å². The van der Waals surface area contributed by atoms with Gasteiger partial charge in [-0.05, 0) is 54.1 Å². The Labute approximate surface area is 207 Å². The number of furan rings is 1. The van der Waals surface area contributed by atoms with Gasteiger partial charge in [0.1, 0.15) is 0 Å². The van der Waals surface area contributed by atoms with Crippen LogP contribution in [-0.4, -0.2) is 32.6 Å². The minimum Gasteiger partial charge on any atom is -0.459 e. The quantitative estimate of drug-likeness (QED) is 0.347. The fraction of sp³-hybridized carbons (Fsp3) is 0.0455. The number of halogens is 3. The number of rotatable bonds is 7. The number of carbonyl (C=O) groups excluding carboxylic acids is 3. The molecule has 0 aliphatic rings. The Morgan fingerprint density at radius 2 is 1.71 bits per heavy atom. The van der Waals surface area contributed by atoms with Crippen molar-refractivity contribution < 1.29 is 18.8 Å². The summed E-state index contributed by atoms with van der Waals surface area (Å²) in [6.07, 6.45) is 1.33. The van der Waals surface area contributed by atoms with Gasteiger partial charge in [0.25, 0.3) is 11.8 Å². The predicted molar refractivity (Wildman–Crippen MR) is 126 cm³/mol. The van der Waals surface area contributed by atoms with E-state index in [0.29, 0.717) is 16.1 Å². The van der Waals surface area contributed by atoms with Gasteiger partial charge >= 0.3 is 0 Å². The monoisotopic (exact) mass is 517 g/mol. The second-order valence-corrected chi connectivity index (χ2v) is 8.26. The van der Waals surface area contributed by atoms with Crippen LogP contribution in [0.5, 0.6) is 0 Å². The molecule has 0 bridgehead atoms. The largest absolute Gasteiger partial charge is 0.459 e. The molecule has 0 aliphatic carbocycles. The second kappa shape index (κ2) is 9.68. The molecular weight excluding hydrogens is 505 g/mol. The van der Waals surface area contributed by atoms with Gasteiger partial charge in [0.2, 0.25) is 0 Å². The summed E-state index contributed by atoms with van der Waals surface area (Å²) in [6, 6.07) is 12.4. The van der Waals surface area contributed by atoms with E-state index in [1.54, 1.807) is 24.3 Å². The van der Waals surface area contributed by atoms with Crippen molar-refractivity contribution >= 4 is 58.2 Å². The lowest BCUT2D eigenvalue weighted by molar-refractivity contribution is 0.0993. The molecule has 2 aromatic carbocycles. The number of nitrogens with two attached hydrogens (primary N) is 1. The van der Waals surface area contributed by atoms with E-state index in [-0.39, 0.29) is 45.2 Å². The molecule has 2 heterocycles. The van der Waals surface area contributed by atoms with Gasteiger partial charge in [-0.25, -0.2) is 4.68 Å². The number of amides is 2. The molecule has 12 heteroatoms. The maximum Gasteiger partial charge on any atom is 0.292 e. The number of hydrogen-bond donors (Lipinski definition) is 2. The third kappa shape index (κ3) is 4.81. The van der Waals surface area contributed by atoms with Crippen LogP contribution in [0.2, 0.25) is 15.1 Å². The number of nitrogens with one attached hydrogen (secondary N) is 1. The zero-order chi connectivity index (χ0) is 24.4. The lowest BCUT2D eigenvalue weighted by Gasteiger charge is -2.12. The number of carbonyl (C=O) groups is 3. The Balaban J connectivity index is 1.64. The molecular formula is C22H14Cl3N5O4. The van der Waals surface area contributed by atoms with Crippen LogP contribution in [-0.2, 0) is 6.54 Å². The van der Waals surface area contributed by atoms with E-state index in [4.69, 9.17) is 45.0 Å². The van der Waals surface area contributed by atoms with E-state index in [0.717, 1.165) is 0 Å². The molecule has 9 nitrogen and oxygen atoms in total. The molecule has 3 N–H and O–H groups in total. The highest BCUT2D eigenvalue weighted by atomic mass is 35.5. The molecule has 0 radical (unpaired) electrons. The van der Waals surface area contributed by atoms with Gasteiger partial charge in [-0.3, -0.25) is 14.4 Å². The van der Waals surface area contributed by atoms with Crippen molar-refractivity contribution in [3.8, 4) is 0 Å². The second-order valence-electron chi connectivity index (χ2n) is 7.01. The van der Waals surface area contributed by atoms with Crippen LogP contribution in [0.15, 0.2) is 59.2 Å².